The van der Waals surface area contributed by atoms with Crippen molar-refractivity contribution in [3.63, 3.8) is 0 Å². The Balaban J connectivity index is 1.42. The van der Waals surface area contributed by atoms with Crippen LogP contribution in [0.25, 0.3) is 0 Å². The average molecular weight is 313 g/mol. The fraction of sp³-hybridized carbons (Fsp3) is 0.857. The molecule has 0 aliphatic carbocycles. The van der Waals surface area contributed by atoms with Crippen LogP contribution in [0.5, 0.6) is 0 Å². The first-order valence-electron chi connectivity index (χ1n) is 7.76. The number of thioether (sulfide) groups is 1. The van der Waals surface area contributed by atoms with E-state index in [0.717, 1.165) is 50.4 Å². The van der Waals surface area contributed by atoms with E-state index < -0.39 is 0 Å². The standard InChI is InChI=1S/C14H23N3O3S/c18-13(11-8-21-9-15-11)16-10-3-5-17(6-4-10)14(19)12-2-1-7-20-12/h10-12,15H,1-9H2,(H,16,18). The summed E-state index contributed by atoms with van der Waals surface area (Å²) in [5, 5.41) is 6.29. The van der Waals surface area contributed by atoms with Crippen LogP contribution in [0.15, 0.2) is 0 Å². The summed E-state index contributed by atoms with van der Waals surface area (Å²) < 4.78 is 5.46. The third kappa shape index (κ3) is 3.70. The van der Waals surface area contributed by atoms with Crippen LogP contribution in [-0.4, -0.2) is 66.2 Å². The zero-order chi connectivity index (χ0) is 14.7. The van der Waals surface area contributed by atoms with E-state index in [1.54, 1.807) is 11.8 Å². The molecule has 0 bridgehead atoms. The number of rotatable bonds is 3. The van der Waals surface area contributed by atoms with Crippen LogP contribution in [0.1, 0.15) is 25.7 Å². The highest BCUT2D eigenvalue weighted by Crippen LogP contribution is 2.18. The molecule has 2 amide bonds. The summed E-state index contributed by atoms with van der Waals surface area (Å²) in [6, 6.07) is 0.139. The summed E-state index contributed by atoms with van der Waals surface area (Å²) in [6.07, 6.45) is 3.28. The predicted octanol–water partition coefficient (Wildman–Crippen LogP) is -0.0649. The minimum Gasteiger partial charge on any atom is -0.368 e. The third-order valence-corrected chi connectivity index (χ3v) is 5.33. The summed E-state index contributed by atoms with van der Waals surface area (Å²) in [4.78, 5) is 26.2. The number of carbonyl (C=O) groups is 2. The Kier molecular flexibility index (Phi) is 5.03. The summed E-state index contributed by atoms with van der Waals surface area (Å²) >= 11 is 1.75. The molecule has 7 heteroatoms. The SMILES string of the molecule is O=C(NC1CCN(C(=O)C2CCCO2)CC1)C1CSCN1. The van der Waals surface area contributed by atoms with E-state index in [9.17, 15) is 9.59 Å². The van der Waals surface area contributed by atoms with Gasteiger partial charge in [0.1, 0.15) is 6.10 Å². The molecule has 3 heterocycles. The van der Waals surface area contributed by atoms with Gasteiger partial charge in [0.15, 0.2) is 0 Å². The van der Waals surface area contributed by atoms with Crippen molar-refractivity contribution in [1.82, 2.24) is 15.5 Å². The molecule has 0 aromatic heterocycles. The van der Waals surface area contributed by atoms with Crippen molar-refractivity contribution in [2.24, 2.45) is 0 Å². The number of carbonyl (C=O) groups excluding carboxylic acids is 2. The first-order chi connectivity index (χ1) is 10.2. The first-order valence-corrected chi connectivity index (χ1v) is 8.91. The maximum absolute atomic E-state index is 12.2. The molecule has 3 aliphatic rings. The molecule has 6 nitrogen and oxygen atoms in total. The van der Waals surface area contributed by atoms with E-state index in [-0.39, 0.29) is 30.0 Å². The molecule has 0 saturated carbocycles. The molecule has 3 rings (SSSR count). The van der Waals surface area contributed by atoms with E-state index in [0.29, 0.717) is 6.61 Å². The van der Waals surface area contributed by atoms with Crippen LogP contribution in [0.3, 0.4) is 0 Å². The fourth-order valence-electron chi connectivity index (χ4n) is 3.09. The number of nitrogens with zero attached hydrogens (tertiary/aromatic N) is 1. The van der Waals surface area contributed by atoms with E-state index in [1.807, 2.05) is 4.90 Å². The lowest BCUT2D eigenvalue weighted by atomic mass is 10.0. The lowest BCUT2D eigenvalue weighted by molar-refractivity contribution is -0.142. The van der Waals surface area contributed by atoms with Gasteiger partial charge in [0.05, 0.1) is 6.04 Å². The van der Waals surface area contributed by atoms with Crippen LogP contribution in [0.4, 0.5) is 0 Å². The molecular weight excluding hydrogens is 290 g/mol. The van der Waals surface area contributed by atoms with Gasteiger partial charge in [0, 0.05) is 37.4 Å². The second kappa shape index (κ2) is 6.98. The second-order valence-corrected chi connectivity index (χ2v) is 6.91. The monoisotopic (exact) mass is 313 g/mol. The molecular formula is C14H23N3O3S. The van der Waals surface area contributed by atoms with Gasteiger partial charge in [-0.15, -0.1) is 11.8 Å². The highest BCUT2D eigenvalue weighted by Gasteiger charge is 2.32. The number of hydrogen-bond donors (Lipinski definition) is 2. The molecule has 0 aromatic rings. The Morgan fingerprint density at radius 2 is 2.05 bits per heavy atom. The molecule has 3 fully saturated rings. The Labute approximate surface area is 129 Å². The topological polar surface area (TPSA) is 70.7 Å². The molecule has 3 aliphatic heterocycles. The van der Waals surface area contributed by atoms with Crippen molar-refractivity contribution < 1.29 is 14.3 Å². The van der Waals surface area contributed by atoms with Crippen LogP contribution in [0.2, 0.25) is 0 Å². The van der Waals surface area contributed by atoms with Gasteiger partial charge in [-0.1, -0.05) is 0 Å². The van der Waals surface area contributed by atoms with Crippen molar-refractivity contribution >= 4 is 23.6 Å². The molecule has 2 atom stereocenters. The minimum atomic E-state index is -0.226. The van der Waals surface area contributed by atoms with Gasteiger partial charge in [-0.3, -0.25) is 14.9 Å². The number of likely N-dealkylation sites (tertiary alicyclic amines) is 1. The molecule has 2 unspecified atom stereocenters. The van der Waals surface area contributed by atoms with Crippen LogP contribution in [0, 0.1) is 0 Å². The Morgan fingerprint density at radius 3 is 2.67 bits per heavy atom. The Morgan fingerprint density at radius 1 is 1.24 bits per heavy atom. The normalized spacial score (nSPS) is 30.6. The Bertz CT molecular complexity index is 387. The van der Waals surface area contributed by atoms with Crippen LogP contribution < -0.4 is 10.6 Å². The molecule has 0 aromatic carbocycles. The van der Waals surface area contributed by atoms with Gasteiger partial charge >= 0.3 is 0 Å². The molecule has 3 saturated heterocycles. The number of hydrogen-bond acceptors (Lipinski definition) is 5. The first kappa shape index (κ1) is 15.1. The van der Waals surface area contributed by atoms with Crippen molar-refractivity contribution in [2.45, 2.75) is 43.9 Å². The third-order valence-electron chi connectivity index (χ3n) is 4.39. The highest BCUT2D eigenvalue weighted by molar-refractivity contribution is 7.99. The smallest absolute Gasteiger partial charge is 0.251 e. The maximum Gasteiger partial charge on any atom is 0.251 e. The van der Waals surface area contributed by atoms with Gasteiger partial charge in [-0.05, 0) is 25.7 Å². The summed E-state index contributed by atoms with van der Waals surface area (Å²) in [5.74, 6) is 1.93. The lowest BCUT2D eigenvalue weighted by Crippen LogP contribution is -2.52. The molecule has 21 heavy (non-hydrogen) atoms. The quantitative estimate of drug-likeness (QED) is 0.763. The number of ether oxygens (including phenoxy) is 1. The second-order valence-electron chi connectivity index (χ2n) is 5.88. The summed E-state index contributed by atoms with van der Waals surface area (Å²) in [7, 11) is 0. The van der Waals surface area contributed by atoms with E-state index in [1.165, 1.54) is 0 Å². The number of nitrogens with one attached hydrogen (secondary N) is 2. The number of piperidine rings is 1. The van der Waals surface area contributed by atoms with Crippen LogP contribution in [-0.2, 0) is 14.3 Å². The number of amides is 2. The Hall–Kier alpha value is -0.790. The van der Waals surface area contributed by atoms with E-state index >= 15 is 0 Å². The fourth-order valence-corrected chi connectivity index (χ4v) is 4.03. The summed E-state index contributed by atoms with van der Waals surface area (Å²) in [5.41, 5.74) is 0. The van der Waals surface area contributed by atoms with Gasteiger partial charge < -0.3 is 15.0 Å². The summed E-state index contributed by atoms with van der Waals surface area (Å²) in [6.45, 7) is 2.14. The molecule has 118 valence electrons. The highest BCUT2D eigenvalue weighted by atomic mass is 32.2. The van der Waals surface area contributed by atoms with Crippen molar-refractivity contribution in [1.29, 1.82) is 0 Å². The van der Waals surface area contributed by atoms with E-state index in [4.69, 9.17) is 4.74 Å². The van der Waals surface area contributed by atoms with E-state index in [2.05, 4.69) is 10.6 Å². The lowest BCUT2D eigenvalue weighted by Gasteiger charge is -2.34. The van der Waals surface area contributed by atoms with Crippen LogP contribution >= 0.6 is 11.8 Å². The van der Waals surface area contributed by atoms with Crippen molar-refractivity contribution in [3.05, 3.63) is 0 Å². The molecule has 2 N–H and O–H groups in total. The van der Waals surface area contributed by atoms with Gasteiger partial charge in [0.25, 0.3) is 5.91 Å². The molecule has 0 radical (unpaired) electrons. The average Bonchev–Trinajstić information content (AvgIpc) is 3.20. The largest absolute Gasteiger partial charge is 0.368 e. The minimum absolute atomic E-state index is 0.0541. The van der Waals surface area contributed by atoms with Gasteiger partial charge in [-0.2, -0.15) is 0 Å². The van der Waals surface area contributed by atoms with Gasteiger partial charge in [-0.25, -0.2) is 0 Å². The zero-order valence-electron chi connectivity index (χ0n) is 12.2. The maximum atomic E-state index is 12.2. The van der Waals surface area contributed by atoms with Crippen molar-refractivity contribution in [3.8, 4) is 0 Å². The van der Waals surface area contributed by atoms with Crippen molar-refractivity contribution in [2.75, 3.05) is 31.3 Å². The molecule has 0 spiro atoms. The zero-order valence-corrected chi connectivity index (χ0v) is 13.0. The van der Waals surface area contributed by atoms with Gasteiger partial charge in [0.2, 0.25) is 5.91 Å². The predicted molar refractivity (Wildman–Crippen MR) is 81.0 cm³/mol.